The maximum absolute atomic E-state index is 12.7. The van der Waals surface area contributed by atoms with Crippen LogP contribution in [0, 0.1) is 0 Å². The second-order valence-electron chi connectivity index (χ2n) is 5.97. The molecule has 148 valence electrons. The Morgan fingerprint density at radius 3 is 2.48 bits per heavy atom. The molecule has 0 atom stereocenters. The molecule has 0 N–H and O–H groups in total. The van der Waals surface area contributed by atoms with Crippen LogP contribution in [0.1, 0.15) is 5.56 Å². The van der Waals surface area contributed by atoms with E-state index in [-0.39, 0.29) is 22.9 Å². The molecule has 0 unspecified atom stereocenters. The van der Waals surface area contributed by atoms with Gasteiger partial charge in [0.05, 0.1) is 12.7 Å². The number of benzene rings is 2. The Labute approximate surface area is 169 Å². The number of halogens is 4. The van der Waals surface area contributed by atoms with Crippen LogP contribution in [0.25, 0.3) is 33.8 Å². The lowest BCUT2D eigenvalue weighted by atomic mass is 10.1. The second-order valence-corrected chi connectivity index (χ2v) is 6.89. The van der Waals surface area contributed by atoms with Crippen LogP contribution < -0.4 is 10.4 Å². The van der Waals surface area contributed by atoms with Crippen molar-refractivity contribution in [2.75, 3.05) is 7.11 Å². The summed E-state index contributed by atoms with van der Waals surface area (Å²) in [5.41, 5.74) is -0.932. The van der Waals surface area contributed by atoms with E-state index in [1.54, 1.807) is 12.1 Å². The molecule has 0 bridgehead atoms. The van der Waals surface area contributed by atoms with Crippen molar-refractivity contribution in [3.05, 3.63) is 62.9 Å². The number of fused-ring (bicyclic) bond motifs is 1. The Morgan fingerprint density at radius 2 is 1.83 bits per heavy atom. The van der Waals surface area contributed by atoms with Crippen molar-refractivity contribution in [1.82, 2.24) is 10.1 Å². The summed E-state index contributed by atoms with van der Waals surface area (Å²) in [7, 11) is 1.45. The van der Waals surface area contributed by atoms with Gasteiger partial charge in [0.25, 0.3) is 5.89 Å². The van der Waals surface area contributed by atoms with Crippen LogP contribution in [-0.2, 0) is 6.18 Å². The van der Waals surface area contributed by atoms with Crippen molar-refractivity contribution in [1.29, 1.82) is 0 Å². The van der Waals surface area contributed by atoms with Crippen LogP contribution >= 0.6 is 15.9 Å². The van der Waals surface area contributed by atoms with E-state index in [1.165, 1.54) is 25.3 Å². The molecule has 4 aromatic rings. The molecule has 29 heavy (non-hydrogen) atoms. The van der Waals surface area contributed by atoms with Crippen LogP contribution in [0.15, 0.2) is 60.7 Å². The Balaban J connectivity index is 1.75. The first-order valence-electron chi connectivity index (χ1n) is 8.09. The summed E-state index contributed by atoms with van der Waals surface area (Å²) in [4.78, 5) is 16.5. The fourth-order valence-corrected chi connectivity index (χ4v) is 3.18. The number of ether oxygens (including phenoxy) is 1. The molecule has 0 fully saturated rings. The third-order valence-electron chi connectivity index (χ3n) is 4.11. The Hall–Kier alpha value is -3.14. The lowest BCUT2D eigenvalue weighted by Gasteiger charge is -2.06. The van der Waals surface area contributed by atoms with E-state index >= 15 is 0 Å². The SMILES string of the molecule is COc1cc(Br)cc2cc(-c3nc(-c4ccc(C(F)(F)F)cc4)no3)c(=O)oc12. The number of nitrogens with zero attached hydrogens (tertiary/aromatic N) is 2. The molecule has 0 saturated carbocycles. The van der Waals surface area contributed by atoms with Crippen molar-refractivity contribution in [3.8, 4) is 28.6 Å². The lowest BCUT2D eigenvalue weighted by Crippen LogP contribution is -2.04. The van der Waals surface area contributed by atoms with Gasteiger partial charge in [-0.05, 0) is 30.3 Å². The Kier molecular flexibility index (Phi) is 4.65. The molecule has 0 spiro atoms. The van der Waals surface area contributed by atoms with Gasteiger partial charge in [-0.1, -0.05) is 33.2 Å². The summed E-state index contributed by atoms with van der Waals surface area (Å²) >= 11 is 3.35. The van der Waals surface area contributed by atoms with Gasteiger partial charge in [0.15, 0.2) is 11.3 Å². The van der Waals surface area contributed by atoms with E-state index < -0.39 is 17.4 Å². The van der Waals surface area contributed by atoms with E-state index in [2.05, 4.69) is 26.1 Å². The first kappa shape index (κ1) is 19.2. The standard InChI is InChI=1S/C19H10BrF3N2O4/c1-27-14-8-12(20)6-10-7-13(18(26)28-15(10)14)17-24-16(25-29-17)9-2-4-11(5-3-9)19(21,22)23/h2-8H,1H3. The predicted octanol–water partition coefficient (Wildman–Crippen LogP) is 5.30. The molecule has 4 rings (SSSR count). The zero-order valence-corrected chi connectivity index (χ0v) is 16.2. The zero-order chi connectivity index (χ0) is 20.8. The molecule has 2 heterocycles. The van der Waals surface area contributed by atoms with Gasteiger partial charge in [-0.3, -0.25) is 0 Å². The molecule has 2 aromatic carbocycles. The van der Waals surface area contributed by atoms with Crippen LogP contribution in [0.2, 0.25) is 0 Å². The maximum Gasteiger partial charge on any atom is 0.416 e. The highest BCUT2D eigenvalue weighted by atomic mass is 79.9. The number of methoxy groups -OCH3 is 1. The van der Waals surface area contributed by atoms with Gasteiger partial charge in [-0.25, -0.2) is 4.79 Å². The summed E-state index contributed by atoms with van der Waals surface area (Å²) in [5.74, 6) is 0.295. The molecule has 0 amide bonds. The quantitative estimate of drug-likeness (QED) is 0.381. The second kappa shape index (κ2) is 7.03. The van der Waals surface area contributed by atoms with Gasteiger partial charge in [0, 0.05) is 15.4 Å². The minimum absolute atomic E-state index is 0.0170. The minimum atomic E-state index is -4.44. The molecule has 0 aliphatic heterocycles. The Morgan fingerprint density at radius 1 is 1.10 bits per heavy atom. The van der Waals surface area contributed by atoms with Crippen LogP contribution in [-0.4, -0.2) is 17.3 Å². The van der Waals surface area contributed by atoms with Crippen LogP contribution in [0.4, 0.5) is 13.2 Å². The van der Waals surface area contributed by atoms with E-state index in [9.17, 15) is 18.0 Å². The van der Waals surface area contributed by atoms with E-state index in [4.69, 9.17) is 13.7 Å². The van der Waals surface area contributed by atoms with Crippen molar-refractivity contribution < 1.29 is 26.8 Å². The van der Waals surface area contributed by atoms with E-state index in [0.29, 0.717) is 21.2 Å². The number of aromatic nitrogens is 2. The third kappa shape index (κ3) is 3.63. The number of hydrogen-bond donors (Lipinski definition) is 0. The Bertz CT molecular complexity index is 1260. The predicted molar refractivity (Wildman–Crippen MR) is 100 cm³/mol. The fourth-order valence-electron chi connectivity index (χ4n) is 2.73. The van der Waals surface area contributed by atoms with Crippen LogP contribution in [0.3, 0.4) is 0 Å². The van der Waals surface area contributed by atoms with Gasteiger partial charge >= 0.3 is 11.8 Å². The smallest absolute Gasteiger partial charge is 0.416 e. The lowest BCUT2D eigenvalue weighted by molar-refractivity contribution is -0.137. The van der Waals surface area contributed by atoms with Crippen molar-refractivity contribution in [2.45, 2.75) is 6.18 Å². The first-order valence-corrected chi connectivity index (χ1v) is 8.88. The first-order chi connectivity index (χ1) is 13.8. The molecule has 6 nitrogen and oxygen atoms in total. The van der Waals surface area contributed by atoms with Crippen molar-refractivity contribution in [2.24, 2.45) is 0 Å². The summed E-state index contributed by atoms with van der Waals surface area (Å²) < 4.78 is 54.5. The van der Waals surface area contributed by atoms with Crippen molar-refractivity contribution >= 4 is 26.9 Å². The molecule has 0 saturated heterocycles. The summed E-state index contributed by atoms with van der Waals surface area (Å²) in [6, 6.07) is 9.17. The average molecular weight is 467 g/mol. The summed E-state index contributed by atoms with van der Waals surface area (Å²) in [5, 5.41) is 4.30. The number of rotatable bonds is 3. The fraction of sp³-hybridized carbons (Fsp3) is 0.105. The largest absolute Gasteiger partial charge is 0.493 e. The maximum atomic E-state index is 12.7. The monoisotopic (exact) mass is 466 g/mol. The van der Waals surface area contributed by atoms with Gasteiger partial charge in [-0.2, -0.15) is 18.2 Å². The molecule has 0 aliphatic rings. The summed E-state index contributed by atoms with van der Waals surface area (Å²) in [6.45, 7) is 0. The van der Waals surface area contributed by atoms with E-state index in [1.807, 2.05) is 0 Å². The topological polar surface area (TPSA) is 78.4 Å². The molecule has 2 aromatic heterocycles. The van der Waals surface area contributed by atoms with Gasteiger partial charge in [0.1, 0.15) is 5.56 Å². The molecule has 0 aliphatic carbocycles. The average Bonchev–Trinajstić information content (AvgIpc) is 3.16. The van der Waals surface area contributed by atoms with Gasteiger partial charge < -0.3 is 13.7 Å². The van der Waals surface area contributed by atoms with E-state index in [0.717, 1.165) is 12.1 Å². The highest BCUT2D eigenvalue weighted by molar-refractivity contribution is 9.10. The zero-order valence-electron chi connectivity index (χ0n) is 14.6. The minimum Gasteiger partial charge on any atom is -0.493 e. The van der Waals surface area contributed by atoms with Crippen molar-refractivity contribution in [3.63, 3.8) is 0 Å². The highest BCUT2D eigenvalue weighted by Crippen LogP contribution is 2.32. The molecular formula is C19H10BrF3N2O4. The number of alkyl halides is 3. The molecule has 0 radical (unpaired) electrons. The molecular weight excluding hydrogens is 457 g/mol. The summed E-state index contributed by atoms with van der Waals surface area (Å²) in [6.07, 6.45) is -4.44. The number of hydrogen-bond acceptors (Lipinski definition) is 6. The highest BCUT2D eigenvalue weighted by Gasteiger charge is 2.30. The third-order valence-corrected chi connectivity index (χ3v) is 4.57. The normalized spacial score (nSPS) is 11.8. The van der Waals surface area contributed by atoms with Gasteiger partial charge in [0.2, 0.25) is 5.82 Å². The molecule has 10 heteroatoms. The van der Waals surface area contributed by atoms with Gasteiger partial charge in [-0.15, -0.1) is 0 Å². The van der Waals surface area contributed by atoms with Crippen LogP contribution in [0.5, 0.6) is 5.75 Å².